The highest BCUT2D eigenvalue weighted by atomic mass is 16.3. The standard InChI is InChI=1S/C28H34N4O2/c1-20-30-26(28(34)31-17-16-29-19-23(31)18-21-10-4-2-5-11-21)27(22-12-6-3-7-13-22)32(20)24-14-8-9-15-25(24)33/h2-7,10-13,23-25,29,33H,8-9,14-19H2,1H3/t23-,24+,25+/m1/s1. The molecule has 2 aliphatic rings. The van der Waals surface area contributed by atoms with Gasteiger partial charge in [0.1, 0.15) is 5.82 Å². The molecule has 0 unspecified atom stereocenters. The average molecular weight is 459 g/mol. The summed E-state index contributed by atoms with van der Waals surface area (Å²) in [6, 6.07) is 20.4. The maximum Gasteiger partial charge on any atom is 0.275 e. The van der Waals surface area contributed by atoms with E-state index in [0.29, 0.717) is 12.2 Å². The Morgan fingerprint density at radius 2 is 1.76 bits per heavy atom. The Hall–Kier alpha value is -2.96. The van der Waals surface area contributed by atoms with Gasteiger partial charge in [-0.25, -0.2) is 4.98 Å². The number of rotatable bonds is 5. The van der Waals surface area contributed by atoms with Crippen molar-refractivity contribution < 1.29 is 9.90 Å². The van der Waals surface area contributed by atoms with Crippen LogP contribution in [0.3, 0.4) is 0 Å². The molecule has 0 bridgehead atoms. The zero-order valence-electron chi connectivity index (χ0n) is 19.9. The molecule has 5 rings (SSSR count). The average Bonchev–Trinajstić information content (AvgIpc) is 3.22. The minimum absolute atomic E-state index is 0.0200. The number of aliphatic hydroxyl groups is 1. The first kappa shape index (κ1) is 22.8. The number of aliphatic hydroxyl groups excluding tert-OH is 1. The summed E-state index contributed by atoms with van der Waals surface area (Å²) in [5.41, 5.74) is 3.54. The second-order valence-electron chi connectivity index (χ2n) is 9.56. The van der Waals surface area contributed by atoms with E-state index in [0.717, 1.165) is 62.3 Å². The fourth-order valence-electron chi connectivity index (χ4n) is 5.60. The van der Waals surface area contributed by atoms with Crippen molar-refractivity contribution >= 4 is 5.91 Å². The molecule has 0 spiro atoms. The number of nitrogens with zero attached hydrogens (tertiary/aromatic N) is 3. The molecule has 2 aromatic carbocycles. The number of carbonyl (C=O) groups is 1. The molecule has 6 heteroatoms. The van der Waals surface area contributed by atoms with Gasteiger partial charge in [0.2, 0.25) is 0 Å². The second kappa shape index (κ2) is 10.1. The van der Waals surface area contributed by atoms with Gasteiger partial charge in [0.05, 0.1) is 17.8 Å². The Balaban J connectivity index is 1.54. The molecule has 3 aromatic rings. The molecule has 1 aliphatic carbocycles. The fraction of sp³-hybridized carbons (Fsp3) is 0.429. The van der Waals surface area contributed by atoms with E-state index in [2.05, 4.69) is 22.0 Å². The summed E-state index contributed by atoms with van der Waals surface area (Å²) in [4.78, 5) is 20.9. The third-order valence-corrected chi connectivity index (χ3v) is 7.29. The molecule has 3 atom stereocenters. The van der Waals surface area contributed by atoms with Gasteiger partial charge in [0.25, 0.3) is 5.91 Å². The Morgan fingerprint density at radius 1 is 1.06 bits per heavy atom. The van der Waals surface area contributed by atoms with Crippen LogP contribution >= 0.6 is 0 Å². The number of hydrogen-bond donors (Lipinski definition) is 2. The van der Waals surface area contributed by atoms with Gasteiger partial charge < -0.3 is 19.9 Å². The normalized spacial score (nSPS) is 23.1. The van der Waals surface area contributed by atoms with Gasteiger partial charge in [-0.1, -0.05) is 73.5 Å². The highest BCUT2D eigenvalue weighted by Crippen LogP contribution is 2.36. The second-order valence-corrected chi connectivity index (χ2v) is 9.56. The van der Waals surface area contributed by atoms with Gasteiger partial charge in [0.15, 0.2) is 5.69 Å². The van der Waals surface area contributed by atoms with E-state index in [4.69, 9.17) is 4.98 Å². The van der Waals surface area contributed by atoms with Crippen LogP contribution in [0, 0.1) is 6.92 Å². The molecule has 2 N–H and O–H groups in total. The van der Waals surface area contributed by atoms with Crippen molar-refractivity contribution in [2.45, 2.75) is 57.2 Å². The Kier molecular flexibility index (Phi) is 6.79. The lowest BCUT2D eigenvalue weighted by atomic mass is 9.91. The van der Waals surface area contributed by atoms with Crippen LogP contribution in [0.15, 0.2) is 60.7 Å². The van der Waals surface area contributed by atoms with Gasteiger partial charge in [0, 0.05) is 31.2 Å². The maximum atomic E-state index is 14.1. The topological polar surface area (TPSA) is 70.4 Å². The minimum Gasteiger partial charge on any atom is -0.391 e. The first-order valence-electron chi connectivity index (χ1n) is 12.5. The molecule has 0 radical (unpaired) electrons. The Labute approximate surface area is 201 Å². The van der Waals surface area contributed by atoms with Gasteiger partial charge in [-0.15, -0.1) is 0 Å². The van der Waals surface area contributed by atoms with Crippen LogP contribution in [0.2, 0.25) is 0 Å². The number of imidazole rings is 1. The van der Waals surface area contributed by atoms with E-state index in [-0.39, 0.29) is 18.0 Å². The van der Waals surface area contributed by atoms with Crippen molar-refractivity contribution in [2.24, 2.45) is 0 Å². The van der Waals surface area contributed by atoms with Crippen molar-refractivity contribution in [3.05, 3.63) is 77.7 Å². The van der Waals surface area contributed by atoms with Gasteiger partial charge in [-0.3, -0.25) is 4.79 Å². The van der Waals surface area contributed by atoms with Gasteiger partial charge >= 0.3 is 0 Å². The van der Waals surface area contributed by atoms with Crippen molar-refractivity contribution in [3.63, 3.8) is 0 Å². The fourth-order valence-corrected chi connectivity index (χ4v) is 5.60. The smallest absolute Gasteiger partial charge is 0.275 e. The van der Waals surface area contributed by atoms with Crippen LogP contribution in [-0.4, -0.2) is 57.2 Å². The molecule has 1 aromatic heterocycles. The molecule has 6 nitrogen and oxygen atoms in total. The van der Waals surface area contributed by atoms with Crippen molar-refractivity contribution in [2.75, 3.05) is 19.6 Å². The van der Waals surface area contributed by atoms with E-state index >= 15 is 0 Å². The SMILES string of the molecule is Cc1nc(C(=O)N2CCNC[C@H]2Cc2ccccc2)c(-c2ccccc2)n1[C@H]1CCCC[C@@H]1O. The third kappa shape index (κ3) is 4.52. The molecule has 1 saturated carbocycles. The lowest BCUT2D eigenvalue weighted by Gasteiger charge is -2.36. The summed E-state index contributed by atoms with van der Waals surface area (Å²) in [6.07, 6.45) is 4.19. The number of piperazine rings is 1. The summed E-state index contributed by atoms with van der Waals surface area (Å²) < 4.78 is 2.14. The quantitative estimate of drug-likeness (QED) is 0.607. The van der Waals surface area contributed by atoms with Gasteiger partial charge in [-0.05, 0) is 31.7 Å². The number of aromatic nitrogens is 2. The molecule has 2 fully saturated rings. The lowest BCUT2D eigenvalue weighted by molar-refractivity contribution is 0.0629. The van der Waals surface area contributed by atoms with E-state index in [1.54, 1.807) is 0 Å². The van der Waals surface area contributed by atoms with Crippen LogP contribution in [0.5, 0.6) is 0 Å². The van der Waals surface area contributed by atoms with Crippen molar-refractivity contribution in [1.82, 2.24) is 19.8 Å². The van der Waals surface area contributed by atoms with Crippen LogP contribution in [0.25, 0.3) is 11.3 Å². The zero-order chi connectivity index (χ0) is 23.5. The number of carbonyl (C=O) groups excluding carboxylic acids is 1. The maximum absolute atomic E-state index is 14.1. The molecule has 1 amide bonds. The first-order chi connectivity index (χ1) is 16.6. The minimum atomic E-state index is -0.419. The van der Waals surface area contributed by atoms with Crippen LogP contribution in [0.4, 0.5) is 0 Å². The van der Waals surface area contributed by atoms with E-state index in [1.807, 2.05) is 60.4 Å². The molecule has 1 saturated heterocycles. The monoisotopic (exact) mass is 458 g/mol. The number of aryl methyl sites for hydroxylation is 1. The molecular weight excluding hydrogens is 424 g/mol. The highest BCUT2D eigenvalue weighted by molar-refractivity contribution is 5.99. The van der Waals surface area contributed by atoms with Crippen LogP contribution < -0.4 is 5.32 Å². The summed E-state index contributed by atoms with van der Waals surface area (Å²) in [5, 5.41) is 14.3. The first-order valence-corrected chi connectivity index (χ1v) is 12.5. The highest BCUT2D eigenvalue weighted by Gasteiger charge is 2.35. The molecule has 178 valence electrons. The lowest BCUT2D eigenvalue weighted by Crippen LogP contribution is -2.54. The molecule has 34 heavy (non-hydrogen) atoms. The summed E-state index contributed by atoms with van der Waals surface area (Å²) >= 11 is 0. The van der Waals surface area contributed by atoms with Crippen molar-refractivity contribution in [3.8, 4) is 11.3 Å². The molecule has 2 heterocycles. The number of nitrogens with one attached hydrogen (secondary N) is 1. The van der Waals surface area contributed by atoms with Gasteiger partial charge in [-0.2, -0.15) is 0 Å². The van der Waals surface area contributed by atoms with E-state index in [9.17, 15) is 9.90 Å². The Bertz CT molecular complexity index is 1110. The Morgan fingerprint density at radius 3 is 2.50 bits per heavy atom. The summed E-state index contributed by atoms with van der Waals surface area (Å²) in [6.45, 7) is 4.16. The number of hydrogen-bond acceptors (Lipinski definition) is 4. The predicted octanol–water partition coefficient (Wildman–Crippen LogP) is 3.99. The third-order valence-electron chi connectivity index (χ3n) is 7.29. The molecule has 1 aliphatic heterocycles. The zero-order valence-corrected chi connectivity index (χ0v) is 19.9. The predicted molar refractivity (Wildman–Crippen MR) is 134 cm³/mol. The summed E-state index contributed by atoms with van der Waals surface area (Å²) in [5.74, 6) is 0.774. The number of amides is 1. The number of benzene rings is 2. The largest absolute Gasteiger partial charge is 0.391 e. The van der Waals surface area contributed by atoms with Crippen LogP contribution in [-0.2, 0) is 6.42 Å². The van der Waals surface area contributed by atoms with E-state index in [1.165, 1.54) is 5.56 Å². The van der Waals surface area contributed by atoms with Crippen LogP contribution in [0.1, 0.15) is 53.6 Å². The van der Waals surface area contributed by atoms with E-state index < -0.39 is 6.10 Å². The van der Waals surface area contributed by atoms with Crippen molar-refractivity contribution in [1.29, 1.82) is 0 Å². The summed E-state index contributed by atoms with van der Waals surface area (Å²) in [7, 11) is 0. The molecular formula is C28H34N4O2.